The van der Waals surface area contributed by atoms with Gasteiger partial charge in [-0.25, -0.2) is 16.8 Å². The summed E-state index contributed by atoms with van der Waals surface area (Å²) in [6.07, 6.45) is 5.15. The molecule has 0 spiro atoms. The van der Waals surface area contributed by atoms with Gasteiger partial charge in [0.2, 0.25) is 0 Å². The zero-order valence-electron chi connectivity index (χ0n) is 14.2. The van der Waals surface area contributed by atoms with Crippen molar-refractivity contribution in [1.82, 2.24) is 0 Å². The van der Waals surface area contributed by atoms with E-state index in [0.717, 1.165) is 0 Å². The third-order valence-electron chi connectivity index (χ3n) is 4.47. The van der Waals surface area contributed by atoms with Gasteiger partial charge in [0, 0.05) is 11.8 Å². The standard InChI is InChI=1S/C16H26O4S2/c1-15(2,3)21(17,18)13-11-7-9-12(10-8-11)14(13)22(19,20)16(4,5)6/h7,9,11-12H,8,10H2,1-6H3. The molecule has 2 atom stereocenters. The maximum Gasteiger partial charge on any atom is 0.181 e. The van der Waals surface area contributed by atoms with Crippen LogP contribution >= 0.6 is 0 Å². The summed E-state index contributed by atoms with van der Waals surface area (Å²) in [5.41, 5.74) is 0. The van der Waals surface area contributed by atoms with E-state index in [4.69, 9.17) is 0 Å². The highest BCUT2D eigenvalue weighted by Gasteiger charge is 2.49. The average molecular weight is 347 g/mol. The van der Waals surface area contributed by atoms with Gasteiger partial charge in [-0.1, -0.05) is 12.2 Å². The first-order valence-electron chi connectivity index (χ1n) is 7.63. The molecule has 0 amide bonds. The van der Waals surface area contributed by atoms with Crippen LogP contribution in [0, 0.1) is 11.8 Å². The number of hydrogen-bond donors (Lipinski definition) is 0. The van der Waals surface area contributed by atoms with E-state index in [1.165, 1.54) is 0 Å². The molecule has 3 aliphatic carbocycles. The molecule has 0 N–H and O–H groups in total. The van der Waals surface area contributed by atoms with E-state index in [1.54, 1.807) is 41.5 Å². The van der Waals surface area contributed by atoms with Gasteiger partial charge in [-0.2, -0.15) is 0 Å². The van der Waals surface area contributed by atoms with Crippen LogP contribution in [0.15, 0.2) is 22.0 Å². The van der Waals surface area contributed by atoms with Gasteiger partial charge >= 0.3 is 0 Å². The molecule has 4 nitrogen and oxygen atoms in total. The zero-order chi connectivity index (χ0) is 17.1. The maximum absolute atomic E-state index is 13.0. The van der Waals surface area contributed by atoms with Crippen LogP contribution in [0.2, 0.25) is 0 Å². The maximum atomic E-state index is 13.0. The van der Waals surface area contributed by atoms with Crippen LogP contribution in [0.3, 0.4) is 0 Å². The SMILES string of the molecule is CC(C)(C)S(=O)(=O)C1=C(S(=O)(=O)C(C)(C)C)C2C=CC1CC2. The molecule has 0 aromatic heterocycles. The van der Waals surface area contributed by atoms with Crippen LogP contribution in [0.1, 0.15) is 54.4 Å². The van der Waals surface area contributed by atoms with Crippen molar-refractivity contribution in [3.8, 4) is 0 Å². The van der Waals surface area contributed by atoms with Crippen LogP contribution < -0.4 is 0 Å². The summed E-state index contributed by atoms with van der Waals surface area (Å²) >= 11 is 0. The molecule has 0 saturated heterocycles. The van der Waals surface area contributed by atoms with Crippen LogP contribution in [-0.4, -0.2) is 26.3 Å². The first-order valence-corrected chi connectivity index (χ1v) is 10.6. The van der Waals surface area contributed by atoms with Crippen LogP contribution in [-0.2, 0) is 19.7 Å². The van der Waals surface area contributed by atoms with Gasteiger partial charge in [0.05, 0.1) is 19.3 Å². The van der Waals surface area contributed by atoms with E-state index in [1.807, 2.05) is 12.2 Å². The van der Waals surface area contributed by atoms with Crippen LogP contribution in [0.25, 0.3) is 0 Å². The molecule has 0 aromatic carbocycles. The van der Waals surface area contributed by atoms with E-state index >= 15 is 0 Å². The zero-order valence-corrected chi connectivity index (χ0v) is 15.8. The first-order chi connectivity index (χ1) is 9.71. The second kappa shape index (κ2) is 4.94. The lowest BCUT2D eigenvalue weighted by atomic mass is 9.81. The highest BCUT2D eigenvalue weighted by molar-refractivity contribution is 8.00. The summed E-state index contributed by atoms with van der Waals surface area (Å²) in [5.74, 6) is -0.609. The van der Waals surface area contributed by atoms with E-state index in [0.29, 0.717) is 12.8 Å². The summed E-state index contributed by atoms with van der Waals surface area (Å²) in [6, 6.07) is 0. The Balaban J connectivity index is 2.83. The molecular formula is C16H26O4S2. The molecule has 2 unspecified atom stereocenters. The number of hydrogen-bond acceptors (Lipinski definition) is 4. The number of allylic oxidation sites excluding steroid dienone is 4. The third kappa shape index (κ3) is 2.48. The molecule has 0 saturated carbocycles. The largest absolute Gasteiger partial charge is 0.223 e. The summed E-state index contributed by atoms with van der Waals surface area (Å²) < 4.78 is 50.1. The minimum Gasteiger partial charge on any atom is -0.223 e. The van der Waals surface area contributed by atoms with Crippen LogP contribution in [0.5, 0.6) is 0 Å². The Kier molecular flexibility index (Phi) is 3.98. The second-order valence-electron chi connectivity index (χ2n) is 8.14. The molecule has 0 fully saturated rings. The summed E-state index contributed by atoms with van der Waals surface area (Å²) in [7, 11) is -7.35. The smallest absolute Gasteiger partial charge is 0.181 e. The van der Waals surface area contributed by atoms with Gasteiger partial charge in [0.25, 0.3) is 0 Å². The molecule has 2 bridgehead atoms. The molecule has 3 rings (SSSR count). The normalized spacial score (nSPS) is 26.6. The third-order valence-corrected chi connectivity index (χ3v) is 10.0. The van der Waals surface area contributed by atoms with Crippen molar-refractivity contribution < 1.29 is 16.8 Å². The average Bonchev–Trinajstić information content (AvgIpc) is 2.36. The fourth-order valence-corrected chi connectivity index (χ4v) is 6.95. The highest BCUT2D eigenvalue weighted by Crippen LogP contribution is 2.49. The Morgan fingerprint density at radius 1 is 0.727 bits per heavy atom. The van der Waals surface area contributed by atoms with Crippen molar-refractivity contribution in [2.75, 3.05) is 0 Å². The predicted octanol–water partition coefficient (Wildman–Crippen LogP) is 3.22. The summed E-state index contributed by atoms with van der Waals surface area (Å²) in [4.78, 5) is 0.294. The molecule has 0 heterocycles. The molecule has 22 heavy (non-hydrogen) atoms. The first kappa shape index (κ1) is 17.7. The Morgan fingerprint density at radius 3 is 1.18 bits per heavy atom. The highest BCUT2D eigenvalue weighted by atomic mass is 32.2. The van der Waals surface area contributed by atoms with Gasteiger partial charge in [-0.3, -0.25) is 0 Å². The van der Waals surface area contributed by atoms with Gasteiger partial charge in [-0.05, 0) is 54.4 Å². The summed E-state index contributed by atoms with van der Waals surface area (Å²) in [5, 5.41) is 0. The Hall–Kier alpha value is -0.620. The van der Waals surface area contributed by atoms with Crippen molar-refractivity contribution in [1.29, 1.82) is 0 Å². The van der Waals surface area contributed by atoms with E-state index in [9.17, 15) is 16.8 Å². The molecule has 6 heteroatoms. The number of fused-ring (bicyclic) bond motifs is 1. The Morgan fingerprint density at radius 2 is 1.00 bits per heavy atom. The second-order valence-corrected chi connectivity index (χ2v) is 13.5. The minimum absolute atomic E-state index is 0.147. The number of sulfone groups is 2. The summed E-state index contributed by atoms with van der Waals surface area (Å²) in [6.45, 7) is 9.77. The van der Waals surface area contributed by atoms with E-state index < -0.39 is 29.2 Å². The Bertz CT molecular complexity index is 675. The van der Waals surface area contributed by atoms with Crippen molar-refractivity contribution in [2.45, 2.75) is 63.9 Å². The fourth-order valence-electron chi connectivity index (χ4n) is 2.95. The van der Waals surface area contributed by atoms with E-state index in [-0.39, 0.29) is 21.6 Å². The molecular weight excluding hydrogens is 320 g/mol. The molecule has 0 aromatic rings. The monoisotopic (exact) mass is 346 g/mol. The fraction of sp³-hybridized carbons (Fsp3) is 0.750. The lowest BCUT2D eigenvalue weighted by Crippen LogP contribution is -2.41. The van der Waals surface area contributed by atoms with Gasteiger partial charge in [-0.15, -0.1) is 0 Å². The molecule has 126 valence electrons. The quantitative estimate of drug-likeness (QED) is 0.720. The lowest BCUT2D eigenvalue weighted by Gasteiger charge is -2.39. The van der Waals surface area contributed by atoms with Crippen molar-refractivity contribution in [2.24, 2.45) is 11.8 Å². The molecule has 0 aliphatic heterocycles. The minimum atomic E-state index is -3.67. The molecule has 3 aliphatic rings. The van der Waals surface area contributed by atoms with Gasteiger partial charge in [0.1, 0.15) is 0 Å². The molecule has 0 radical (unpaired) electrons. The van der Waals surface area contributed by atoms with Gasteiger partial charge in [0.15, 0.2) is 19.7 Å². The Labute approximate surface area is 134 Å². The van der Waals surface area contributed by atoms with Gasteiger partial charge < -0.3 is 0 Å². The van der Waals surface area contributed by atoms with Crippen molar-refractivity contribution in [3.05, 3.63) is 22.0 Å². The lowest BCUT2D eigenvalue weighted by molar-refractivity contribution is 0.485. The van der Waals surface area contributed by atoms with E-state index in [2.05, 4.69) is 0 Å². The topological polar surface area (TPSA) is 68.3 Å². The van der Waals surface area contributed by atoms with Crippen molar-refractivity contribution in [3.63, 3.8) is 0 Å². The number of rotatable bonds is 2. The predicted molar refractivity (Wildman–Crippen MR) is 89.7 cm³/mol. The van der Waals surface area contributed by atoms with Crippen LogP contribution in [0.4, 0.5) is 0 Å². The van der Waals surface area contributed by atoms with Crippen molar-refractivity contribution >= 4 is 19.7 Å².